The molecule has 0 amide bonds. The number of alkyl halides is 3. The molecule has 1 aliphatic heterocycles. The molecule has 1 saturated heterocycles. The van der Waals surface area contributed by atoms with Gasteiger partial charge in [0, 0.05) is 12.6 Å². The Bertz CT molecular complexity index is 451. The van der Waals surface area contributed by atoms with Gasteiger partial charge in [-0.15, -0.1) is 0 Å². The van der Waals surface area contributed by atoms with Crippen LogP contribution in [0.15, 0.2) is 24.3 Å². The quantitative estimate of drug-likeness (QED) is 0.915. The van der Waals surface area contributed by atoms with Crippen molar-refractivity contribution in [2.24, 2.45) is 5.92 Å². The number of piperidine rings is 1. The molecule has 118 valence electrons. The first kappa shape index (κ1) is 16.3. The molecule has 1 fully saturated rings. The topological polar surface area (TPSA) is 15.3 Å². The minimum Gasteiger partial charge on any atom is -0.317 e. The first-order valence-electron chi connectivity index (χ1n) is 7.46. The number of nitrogens with zero attached hydrogens (tertiary/aromatic N) is 1. The molecule has 2 rings (SSSR count). The Kier molecular flexibility index (Phi) is 5.27. The van der Waals surface area contributed by atoms with Gasteiger partial charge in [-0.1, -0.05) is 18.2 Å². The Morgan fingerprint density at radius 3 is 2.52 bits per heavy atom. The van der Waals surface area contributed by atoms with Gasteiger partial charge in [0.2, 0.25) is 0 Å². The normalized spacial score (nSPS) is 19.7. The molecular formula is C16H23F3N2. The minimum absolute atomic E-state index is 0.501. The van der Waals surface area contributed by atoms with Crippen molar-refractivity contribution in [3.63, 3.8) is 0 Å². The molecular weight excluding hydrogens is 277 g/mol. The molecule has 1 aliphatic rings. The van der Waals surface area contributed by atoms with Crippen molar-refractivity contribution in [2.45, 2.75) is 38.5 Å². The number of hydrogen-bond donors (Lipinski definition) is 1. The monoisotopic (exact) mass is 300 g/mol. The Labute approximate surface area is 124 Å². The highest BCUT2D eigenvalue weighted by Gasteiger charge is 2.30. The van der Waals surface area contributed by atoms with Gasteiger partial charge in [-0.25, -0.2) is 0 Å². The van der Waals surface area contributed by atoms with Gasteiger partial charge >= 0.3 is 6.18 Å². The van der Waals surface area contributed by atoms with Gasteiger partial charge in [0.05, 0.1) is 5.56 Å². The van der Waals surface area contributed by atoms with Crippen LogP contribution in [0.2, 0.25) is 0 Å². The third-order valence-corrected chi connectivity index (χ3v) is 4.46. The number of nitrogens with one attached hydrogen (secondary N) is 1. The molecule has 0 radical (unpaired) electrons. The smallest absolute Gasteiger partial charge is 0.317 e. The fourth-order valence-corrected chi connectivity index (χ4v) is 2.95. The second kappa shape index (κ2) is 6.79. The Balaban J connectivity index is 1.92. The molecule has 1 aromatic carbocycles. The van der Waals surface area contributed by atoms with Crippen LogP contribution in [0.25, 0.3) is 0 Å². The highest BCUT2D eigenvalue weighted by atomic mass is 19.4. The highest BCUT2D eigenvalue weighted by Crippen LogP contribution is 2.30. The number of likely N-dealkylation sites (tertiary alicyclic amines) is 1. The molecule has 1 heterocycles. The maximum Gasteiger partial charge on any atom is 0.416 e. The van der Waals surface area contributed by atoms with Gasteiger partial charge in [0.1, 0.15) is 0 Å². The van der Waals surface area contributed by atoms with E-state index in [9.17, 15) is 13.2 Å². The van der Waals surface area contributed by atoms with E-state index in [4.69, 9.17) is 0 Å². The van der Waals surface area contributed by atoms with Crippen LogP contribution in [0.3, 0.4) is 0 Å². The van der Waals surface area contributed by atoms with E-state index in [1.54, 1.807) is 6.07 Å². The van der Waals surface area contributed by atoms with E-state index in [2.05, 4.69) is 17.1 Å². The zero-order valence-electron chi connectivity index (χ0n) is 12.6. The molecule has 1 unspecified atom stereocenters. The van der Waals surface area contributed by atoms with Crippen LogP contribution in [0.1, 0.15) is 30.9 Å². The summed E-state index contributed by atoms with van der Waals surface area (Å²) in [4.78, 5) is 2.24. The summed E-state index contributed by atoms with van der Waals surface area (Å²) >= 11 is 0. The van der Waals surface area contributed by atoms with Crippen LogP contribution < -0.4 is 5.32 Å². The zero-order chi connectivity index (χ0) is 15.5. The SMILES string of the molecule is CNC(C)C1CCN(Cc2cccc(C(F)(F)F)c2)CC1. The van der Waals surface area contributed by atoms with Crippen molar-refractivity contribution in [1.82, 2.24) is 10.2 Å². The van der Waals surface area contributed by atoms with Crippen LogP contribution in [0, 0.1) is 5.92 Å². The summed E-state index contributed by atoms with van der Waals surface area (Å²) in [6, 6.07) is 6.17. The Morgan fingerprint density at radius 1 is 1.29 bits per heavy atom. The lowest BCUT2D eigenvalue weighted by molar-refractivity contribution is -0.137. The largest absolute Gasteiger partial charge is 0.416 e. The third-order valence-electron chi connectivity index (χ3n) is 4.46. The van der Waals surface area contributed by atoms with Crippen LogP contribution in [0.5, 0.6) is 0 Å². The minimum atomic E-state index is -4.26. The van der Waals surface area contributed by atoms with Gasteiger partial charge < -0.3 is 5.32 Å². The lowest BCUT2D eigenvalue weighted by atomic mass is 9.90. The first-order valence-corrected chi connectivity index (χ1v) is 7.46. The summed E-state index contributed by atoms with van der Waals surface area (Å²) in [5, 5.41) is 3.28. The van der Waals surface area contributed by atoms with Crippen LogP contribution >= 0.6 is 0 Å². The van der Waals surface area contributed by atoms with Crippen molar-refractivity contribution >= 4 is 0 Å². The average molecular weight is 300 g/mol. The molecule has 0 bridgehead atoms. The van der Waals surface area contributed by atoms with E-state index in [0.717, 1.165) is 37.6 Å². The molecule has 1 atom stereocenters. The van der Waals surface area contributed by atoms with Crippen molar-refractivity contribution < 1.29 is 13.2 Å². The second-order valence-corrected chi connectivity index (χ2v) is 5.89. The molecule has 2 nitrogen and oxygen atoms in total. The number of rotatable bonds is 4. The Morgan fingerprint density at radius 2 is 1.95 bits per heavy atom. The molecule has 5 heteroatoms. The summed E-state index contributed by atoms with van der Waals surface area (Å²) in [6.45, 7) is 4.69. The predicted molar refractivity (Wildman–Crippen MR) is 78.0 cm³/mol. The number of halogens is 3. The fraction of sp³-hybridized carbons (Fsp3) is 0.625. The lowest BCUT2D eigenvalue weighted by Gasteiger charge is -2.34. The number of hydrogen-bond acceptors (Lipinski definition) is 2. The molecule has 1 N–H and O–H groups in total. The zero-order valence-corrected chi connectivity index (χ0v) is 12.6. The van der Waals surface area contributed by atoms with Crippen molar-refractivity contribution in [3.05, 3.63) is 35.4 Å². The molecule has 0 saturated carbocycles. The molecule has 1 aromatic rings. The third kappa shape index (κ3) is 4.45. The van der Waals surface area contributed by atoms with Gasteiger partial charge in [0.25, 0.3) is 0 Å². The highest BCUT2D eigenvalue weighted by molar-refractivity contribution is 5.25. The summed E-state index contributed by atoms with van der Waals surface area (Å²) < 4.78 is 38.1. The molecule has 0 aromatic heterocycles. The van der Waals surface area contributed by atoms with Crippen LogP contribution in [-0.4, -0.2) is 31.1 Å². The Hall–Kier alpha value is -1.07. The van der Waals surface area contributed by atoms with E-state index in [-0.39, 0.29) is 0 Å². The average Bonchev–Trinajstić information content (AvgIpc) is 2.47. The van der Waals surface area contributed by atoms with E-state index in [0.29, 0.717) is 18.5 Å². The first-order chi connectivity index (χ1) is 9.90. The summed E-state index contributed by atoms with van der Waals surface area (Å²) in [5.74, 6) is 0.660. The maximum absolute atomic E-state index is 12.7. The van der Waals surface area contributed by atoms with Crippen molar-refractivity contribution in [2.75, 3.05) is 20.1 Å². The molecule has 0 aliphatic carbocycles. The van der Waals surface area contributed by atoms with E-state index in [1.165, 1.54) is 12.1 Å². The van der Waals surface area contributed by atoms with E-state index >= 15 is 0 Å². The molecule has 21 heavy (non-hydrogen) atoms. The fourth-order valence-electron chi connectivity index (χ4n) is 2.95. The number of benzene rings is 1. The van der Waals surface area contributed by atoms with E-state index in [1.807, 2.05) is 7.05 Å². The predicted octanol–water partition coefficient (Wildman–Crippen LogP) is 3.53. The van der Waals surface area contributed by atoms with Crippen LogP contribution in [-0.2, 0) is 12.7 Å². The lowest BCUT2D eigenvalue weighted by Crippen LogP contribution is -2.40. The standard InChI is InChI=1S/C16H23F3N2/c1-12(20-2)14-6-8-21(9-7-14)11-13-4-3-5-15(10-13)16(17,18)19/h3-5,10,12,14,20H,6-9,11H2,1-2H3. The van der Waals surface area contributed by atoms with Crippen molar-refractivity contribution in [3.8, 4) is 0 Å². The summed E-state index contributed by atoms with van der Waals surface area (Å²) in [7, 11) is 1.97. The summed E-state index contributed by atoms with van der Waals surface area (Å²) in [6.07, 6.45) is -2.06. The second-order valence-electron chi connectivity index (χ2n) is 5.89. The van der Waals surface area contributed by atoms with Crippen molar-refractivity contribution in [1.29, 1.82) is 0 Å². The summed E-state index contributed by atoms with van der Waals surface area (Å²) in [5.41, 5.74) is 0.184. The van der Waals surface area contributed by atoms with Gasteiger partial charge in [-0.2, -0.15) is 13.2 Å². The van der Waals surface area contributed by atoms with Gasteiger partial charge in [0.15, 0.2) is 0 Å². The maximum atomic E-state index is 12.7. The van der Waals surface area contributed by atoms with E-state index < -0.39 is 11.7 Å². The van der Waals surface area contributed by atoms with Gasteiger partial charge in [-0.3, -0.25) is 4.90 Å². The van der Waals surface area contributed by atoms with Gasteiger partial charge in [-0.05, 0) is 57.5 Å². The van der Waals surface area contributed by atoms with Crippen LogP contribution in [0.4, 0.5) is 13.2 Å². The molecule has 0 spiro atoms.